The van der Waals surface area contributed by atoms with Crippen LogP contribution in [0.15, 0.2) is 72.8 Å². The number of rotatable bonds is 8. The largest absolute Gasteiger partial charge is 0.492 e. The lowest BCUT2D eigenvalue weighted by Crippen LogP contribution is -2.27. The number of ether oxygens (including phenoxy) is 1. The van der Waals surface area contributed by atoms with Crippen LogP contribution in [0.25, 0.3) is 11.0 Å². The van der Waals surface area contributed by atoms with Crippen LogP contribution in [0.5, 0.6) is 5.75 Å². The first kappa shape index (κ1) is 22.2. The number of likely N-dealkylation sites (tertiary alicyclic amines) is 1. The van der Waals surface area contributed by atoms with E-state index in [-0.39, 0.29) is 11.8 Å². The van der Waals surface area contributed by atoms with Crippen LogP contribution >= 0.6 is 0 Å². The minimum absolute atomic E-state index is 0.0947. The Hall–Kier alpha value is -3.60. The lowest BCUT2D eigenvalue weighted by molar-refractivity contribution is -0.127. The van der Waals surface area contributed by atoms with E-state index in [9.17, 15) is 4.79 Å². The summed E-state index contributed by atoms with van der Waals surface area (Å²) in [5, 5.41) is 0. The molecule has 174 valence electrons. The van der Waals surface area contributed by atoms with E-state index in [1.54, 1.807) is 0 Å². The molecule has 1 fully saturated rings. The molecule has 5 rings (SSSR count). The first-order chi connectivity index (χ1) is 16.6. The monoisotopic (exact) mass is 453 g/mol. The zero-order valence-electron chi connectivity index (χ0n) is 19.9. The third-order valence-electron chi connectivity index (χ3n) is 6.84. The molecule has 0 aliphatic carbocycles. The molecule has 1 amide bonds. The number of amides is 1. The van der Waals surface area contributed by atoms with Crippen molar-refractivity contribution in [1.29, 1.82) is 0 Å². The average Bonchev–Trinajstić information content (AvgIpc) is 3.41. The molecule has 2 heterocycles. The second-order valence-electron chi connectivity index (χ2n) is 9.18. The van der Waals surface area contributed by atoms with Gasteiger partial charge in [0, 0.05) is 25.4 Å². The van der Waals surface area contributed by atoms with Gasteiger partial charge in [-0.3, -0.25) is 4.79 Å². The Bertz CT molecular complexity index is 1300. The van der Waals surface area contributed by atoms with Gasteiger partial charge in [-0.25, -0.2) is 4.98 Å². The zero-order valence-corrected chi connectivity index (χ0v) is 19.9. The summed E-state index contributed by atoms with van der Waals surface area (Å²) >= 11 is 0. The van der Waals surface area contributed by atoms with Crippen molar-refractivity contribution in [3.8, 4) is 5.75 Å². The Labute approximate surface area is 201 Å². The molecule has 1 aliphatic rings. The number of imidazole rings is 1. The summed E-state index contributed by atoms with van der Waals surface area (Å²) in [6.45, 7) is 6.91. The maximum Gasteiger partial charge on any atom is 0.223 e. The summed E-state index contributed by atoms with van der Waals surface area (Å²) in [6.07, 6.45) is 1.38. The van der Waals surface area contributed by atoms with Gasteiger partial charge in [0.1, 0.15) is 18.2 Å². The number of carbonyl (C=O) groups excluding carboxylic acids is 1. The molecule has 5 heteroatoms. The average molecular weight is 454 g/mol. The number of nitrogens with zero attached hydrogens (tertiary/aromatic N) is 3. The number of aryl methyl sites for hydroxylation is 2. The van der Waals surface area contributed by atoms with Crippen molar-refractivity contribution < 1.29 is 9.53 Å². The van der Waals surface area contributed by atoms with Crippen molar-refractivity contribution >= 4 is 16.9 Å². The second-order valence-corrected chi connectivity index (χ2v) is 9.18. The molecule has 5 nitrogen and oxygen atoms in total. The van der Waals surface area contributed by atoms with Crippen molar-refractivity contribution in [1.82, 2.24) is 14.5 Å². The predicted octanol–water partition coefficient (Wildman–Crippen LogP) is 5.29. The molecule has 1 unspecified atom stereocenters. The molecule has 4 aromatic rings. The summed E-state index contributed by atoms with van der Waals surface area (Å²) in [4.78, 5) is 19.8. The highest BCUT2D eigenvalue weighted by molar-refractivity contribution is 5.81. The molecule has 34 heavy (non-hydrogen) atoms. The molecule has 0 radical (unpaired) electrons. The van der Waals surface area contributed by atoms with Crippen molar-refractivity contribution in [2.45, 2.75) is 39.2 Å². The van der Waals surface area contributed by atoms with E-state index >= 15 is 0 Å². The van der Waals surface area contributed by atoms with Gasteiger partial charge in [-0.2, -0.15) is 0 Å². The number of fused-ring (bicyclic) bond motifs is 1. The number of carbonyl (C=O) groups is 1. The van der Waals surface area contributed by atoms with Gasteiger partial charge in [0.15, 0.2) is 0 Å². The van der Waals surface area contributed by atoms with Crippen molar-refractivity contribution in [3.63, 3.8) is 0 Å². The van der Waals surface area contributed by atoms with Gasteiger partial charge in [0.25, 0.3) is 0 Å². The van der Waals surface area contributed by atoms with Crippen LogP contribution in [0.1, 0.15) is 34.9 Å². The summed E-state index contributed by atoms with van der Waals surface area (Å²) in [5.41, 5.74) is 5.81. The van der Waals surface area contributed by atoms with E-state index in [0.717, 1.165) is 35.6 Å². The summed E-state index contributed by atoms with van der Waals surface area (Å²) in [5.74, 6) is 2.18. The van der Waals surface area contributed by atoms with Gasteiger partial charge >= 0.3 is 0 Å². The normalized spacial score (nSPS) is 15.9. The molecule has 0 N–H and O–H groups in total. The molecular weight excluding hydrogens is 422 g/mol. The van der Waals surface area contributed by atoms with E-state index in [2.05, 4.69) is 48.7 Å². The predicted molar refractivity (Wildman–Crippen MR) is 135 cm³/mol. The van der Waals surface area contributed by atoms with Gasteiger partial charge in [0.2, 0.25) is 5.91 Å². The number of hydrogen-bond acceptors (Lipinski definition) is 3. The number of hydrogen-bond donors (Lipinski definition) is 0. The summed E-state index contributed by atoms with van der Waals surface area (Å²) < 4.78 is 8.33. The maximum atomic E-state index is 12.8. The van der Waals surface area contributed by atoms with Gasteiger partial charge in [-0.1, -0.05) is 48.5 Å². The Morgan fingerprint density at radius 1 is 0.941 bits per heavy atom. The molecule has 1 aliphatic heterocycles. The van der Waals surface area contributed by atoms with Crippen molar-refractivity contribution in [2.24, 2.45) is 0 Å². The van der Waals surface area contributed by atoms with Crippen molar-refractivity contribution in [2.75, 3.05) is 19.7 Å². The first-order valence-electron chi connectivity index (χ1n) is 12.1. The Kier molecular flexibility index (Phi) is 6.35. The number of benzene rings is 3. The van der Waals surface area contributed by atoms with Crippen LogP contribution in [0.3, 0.4) is 0 Å². The fourth-order valence-corrected chi connectivity index (χ4v) is 4.77. The topological polar surface area (TPSA) is 47.4 Å². The van der Waals surface area contributed by atoms with E-state index < -0.39 is 0 Å². The van der Waals surface area contributed by atoms with E-state index in [0.29, 0.717) is 26.1 Å². The van der Waals surface area contributed by atoms with Crippen LogP contribution < -0.4 is 4.74 Å². The van der Waals surface area contributed by atoms with Crippen molar-refractivity contribution in [3.05, 3.63) is 95.3 Å². The van der Waals surface area contributed by atoms with Gasteiger partial charge in [-0.05, 0) is 61.2 Å². The number of para-hydroxylation sites is 2. The summed E-state index contributed by atoms with van der Waals surface area (Å²) in [7, 11) is 0. The molecule has 0 spiro atoms. The highest BCUT2D eigenvalue weighted by Gasteiger charge is 2.33. The Morgan fingerprint density at radius 3 is 2.56 bits per heavy atom. The molecule has 0 bridgehead atoms. The van der Waals surface area contributed by atoms with Gasteiger partial charge in [-0.15, -0.1) is 0 Å². The van der Waals surface area contributed by atoms with E-state index in [1.807, 2.05) is 47.4 Å². The van der Waals surface area contributed by atoms with E-state index in [1.165, 1.54) is 16.7 Å². The van der Waals surface area contributed by atoms with Crippen LogP contribution in [-0.2, 0) is 17.8 Å². The van der Waals surface area contributed by atoms with Gasteiger partial charge in [0.05, 0.1) is 17.6 Å². The third-order valence-corrected chi connectivity index (χ3v) is 6.84. The second kappa shape index (κ2) is 9.72. The lowest BCUT2D eigenvalue weighted by Gasteiger charge is -2.17. The highest BCUT2D eigenvalue weighted by atomic mass is 16.5. The van der Waals surface area contributed by atoms with Crippen LogP contribution in [0.4, 0.5) is 0 Å². The minimum atomic E-state index is 0.0947. The maximum absolute atomic E-state index is 12.8. The molecule has 1 saturated heterocycles. The molecular formula is C29H31N3O2. The highest BCUT2D eigenvalue weighted by Crippen LogP contribution is 2.30. The molecule has 1 atom stereocenters. The van der Waals surface area contributed by atoms with Crippen LogP contribution in [0.2, 0.25) is 0 Å². The SMILES string of the molecule is Cc1ccc(OCCn2c(C3CC(=O)N(CCc4ccccc4)C3)nc3ccccc32)cc1C. The fraction of sp³-hybridized carbons (Fsp3) is 0.310. The standard InChI is InChI=1S/C29H31N3O2/c1-21-12-13-25(18-22(21)2)34-17-16-32-27-11-7-6-10-26(27)30-29(32)24-19-28(33)31(20-24)15-14-23-8-4-3-5-9-23/h3-13,18,24H,14-17,19-20H2,1-2H3. The van der Waals surface area contributed by atoms with Crippen LogP contribution in [-0.4, -0.2) is 40.1 Å². The van der Waals surface area contributed by atoms with E-state index in [4.69, 9.17) is 9.72 Å². The molecule has 1 aromatic heterocycles. The fourth-order valence-electron chi connectivity index (χ4n) is 4.77. The minimum Gasteiger partial charge on any atom is -0.492 e. The third kappa shape index (κ3) is 4.69. The zero-order chi connectivity index (χ0) is 23.5. The van der Waals surface area contributed by atoms with Gasteiger partial charge < -0.3 is 14.2 Å². The number of aromatic nitrogens is 2. The molecule has 3 aromatic carbocycles. The lowest BCUT2D eigenvalue weighted by atomic mass is 10.1. The van der Waals surface area contributed by atoms with Crippen LogP contribution in [0, 0.1) is 13.8 Å². The quantitative estimate of drug-likeness (QED) is 0.364. The summed E-state index contributed by atoms with van der Waals surface area (Å²) in [6, 6.07) is 24.8. The molecule has 0 saturated carbocycles. The Morgan fingerprint density at radius 2 is 1.74 bits per heavy atom. The smallest absolute Gasteiger partial charge is 0.223 e. The first-order valence-corrected chi connectivity index (χ1v) is 12.1. The Balaban J connectivity index is 1.31.